The Bertz CT molecular complexity index is 1380. The molecule has 2 aromatic heterocycles. The number of carbonyl (C=O) groups is 1. The first kappa shape index (κ1) is 21.0. The number of nitrogens with one attached hydrogen (secondary N) is 1. The molecule has 5 rings (SSSR count). The molecule has 166 valence electrons. The van der Waals surface area contributed by atoms with Crippen LogP contribution in [0.1, 0.15) is 22.3 Å². The molecular formula is C24H20ClN5O3. The van der Waals surface area contributed by atoms with Gasteiger partial charge in [-0.25, -0.2) is 9.67 Å². The van der Waals surface area contributed by atoms with Crippen LogP contribution >= 0.6 is 11.6 Å². The van der Waals surface area contributed by atoms with Crippen molar-refractivity contribution >= 4 is 17.5 Å². The van der Waals surface area contributed by atoms with Gasteiger partial charge in [-0.3, -0.25) is 14.3 Å². The van der Waals surface area contributed by atoms with Crippen LogP contribution in [0.4, 0.5) is 0 Å². The highest BCUT2D eigenvalue weighted by molar-refractivity contribution is 6.31. The minimum atomic E-state index is -0.478. The van der Waals surface area contributed by atoms with Gasteiger partial charge in [0.2, 0.25) is 0 Å². The highest BCUT2D eigenvalue weighted by atomic mass is 35.5. The molecule has 9 heteroatoms. The summed E-state index contributed by atoms with van der Waals surface area (Å²) in [5.74, 6) is 0.111. The summed E-state index contributed by atoms with van der Waals surface area (Å²) in [4.78, 5) is 35.0. The molecule has 1 aliphatic heterocycles. The second kappa shape index (κ2) is 8.91. The van der Waals surface area contributed by atoms with Crippen molar-refractivity contribution in [1.29, 1.82) is 0 Å². The SMILES string of the molecule is O=C(NCc1ccccc1Cl)c1c(-c2ccnc(Oc3ccccc3)n2)n2n(c1=O)CCC2. The first-order valence-electron chi connectivity index (χ1n) is 10.5. The molecule has 0 atom stereocenters. The van der Waals surface area contributed by atoms with Gasteiger partial charge in [0.15, 0.2) is 0 Å². The lowest BCUT2D eigenvalue weighted by Crippen LogP contribution is -2.29. The number of amides is 1. The van der Waals surface area contributed by atoms with E-state index in [1.165, 1.54) is 0 Å². The molecule has 0 bridgehead atoms. The molecule has 4 aromatic rings. The van der Waals surface area contributed by atoms with E-state index >= 15 is 0 Å². The summed E-state index contributed by atoms with van der Waals surface area (Å²) >= 11 is 6.20. The van der Waals surface area contributed by atoms with Crippen LogP contribution < -0.4 is 15.6 Å². The van der Waals surface area contributed by atoms with Crippen LogP contribution in [-0.2, 0) is 19.6 Å². The van der Waals surface area contributed by atoms with E-state index in [4.69, 9.17) is 16.3 Å². The van der Waals surface area contributed by atoms with Crippen molar-refractivity contribution in [2.24, 2.45) is 0 Å². The van der Waals surface area contributed by atoms with Gasteiger partial charge in [0.25, 0.3) is 11.5 Å². The topological polar surface area (TPSA) is 91.0 Å². The number of rotatable bonds is 6. The van der Waals surface area contributed by atoms with Crippen LogP contribution in [-0.4, -0.2) is 25.2 Å². The summed E-state index contributed by atoms with van der Waals surface area (Å²) in [5.41, 5.74) is 1.36. The standard InChI is InChI=1S/C24H20ClN5O3/c25-18-10-5-4-7-16(18)15-27-22(31)20-21(29-13-6-14-30(29)23(20)32)19-11-12-26-24(28-19)33-17-8-2-1-3-9-17/h1-5,7-12H,6,13-15H2,(H,27,31). The number of nitrogens with zero attached hydrogens (tertiary/aromatic N) is 4. The van der Waals surface area contributed by atoms with Gasteiger partial charge in [0, 0.05) is 30.9 Å². The number of halogens is 1. The maximum absolute atomic E-state index is 13.2. The monoisotopic (exact) mass is 461 g/mol. The maximum atomic E-state index is 13.2. The fourth-order valence-electron chi connectivity index (χ4n) is 3.90. The molecular weight excluding hydrogens is 442 g/mol. The van der Waals surface area contributed by atoms with E-state index < -0.39 is 5.91 Å². The Balaban J connectivity index is 1.50. The largest absolute Gasteiger partial charge is 0.424 e. The summed E-state index contributed by atoms with van der Waals surface area (Å²) in [5, 5.41) is 3.37. The maximum Gasteiger partial charge on any atom is 0.322 e. The van der Waals surface area contributed by atoms with E-state index in [0.29, 0.717) is 35.2 Å². The van der Waals surface area contributed by atoms with Crippen molar-refractivity contribution in [2.75, 3.05) is 0 Å². The van der Waals surface area contributed by atoms with Crippen molar-refractivity contribution < 1.29 is 9.53 Å². The molecule has 33 heavy (non-hydrogen) atoms. The van der Waals surface area contributed by atoms with Crippen LogP contribution in [0.25, 0.3) is 11.4 Å². The van der Waals surface area contributed by atoms with Crippen LogP contribution in [0.3, 0.4) is 0 Å². The molecule has 8 nitrogen and oxygen atoms in total. The van der Waals surface area contributed by atoms with E-state index in [0.717, 1.165) is 12.0 Å². The fourth-order valence-corrected chi connectivity index (χ4v) is 4.10. The highest BCUT2D eigenvalue weighted by Gasteiger charge is 2.29. The van der Waals surface area contributed by atoms with Gasteiger partial charge in [-0.05, 0) is 36.2 Å². The Hall–Kier alpha value is -3.91. The molecule has 1 amide bonds. The van der Waals surface area contributed by atoms with Crippen LogP contribution in [0.5, 0.6) is 11.8 Å². The molecule has 0 saturated carbocycles. The van der Waals surface area contributed by atoms with Gasteiger partial charge in [-0.15, -0.1) is 0 Å². The van der Waals surface area contributed by atoms with E-state index in [1.54, 1.807) is 39.8 Å². The molecule has 2 aromatic carbocycles. The third kappa shape index (κ3) is 4.12. The quantitative estimate of drug-likeness (QED) is 0.470. The first-order valence-corrected chi connectivity index (χ1v) is 10.9. The average Bonchev–Trinajstić information content (AvgIpc) is 3.41. The molecule has 0 saturated heterocycles. The van der Waals surface area contributed by atoms with Gasteiger partial charge in [0.05, 0.1) is 5.69 Å². The minimum Gasteiger partial charge on any atom is -0.424 e. The Morgan fingerprint density at radius 1 is 1.03 bits per heavy atom. The lowest BCUT2D eigenvalue weighted by Gasteiger charge is -2.10. The third-order valence-electron chi connectivity index (χ3n) is 5.43. The first-order chi connectivity index (χ1) is 16.1. The second-order valence-electron chi connectivity index (χ2n) is 7.54. The zero-order valence-corrected chi connectivity index (χ0v) is 18.3. The summed E-state index contributed by atoms with van der Waals surface area (Å²) in [7, 11) is 0. The predicted molar refractivity (Wildman–Crippen MR) is 123 cm³/mol. The van der Waals surface area contributed by atoms with Crippen LogP contribution in [0.2, 0.25) is 5.02 Å². The van der Waals surface area contributed by atoms with Gasteiger partial charge in [-0.1, -0.05) is 48.0 Å². The zero-order valence-electron chi connectivity index (χ0n) is 17.6. The Labute approximate surface area is 194 Å². The smallest absolute Gasteiger partial charge is 0.322 e. The molecule has 1 N–H and O–H groups in total. The van der Waals surface area contributed by atoms with Crippen molar-refractivity contribution in [3.05, 3.63) is 93.4 Å². The van der Waals surface area contributed by atoms with Gasteiger partial charge >= 0.3 is 6.01 Å². The molecule has 3 heterocycles. The highest BCUT2D eigenvalue weighted by Crippen LogP contribution is 2.26. The number of benzene rings is 2. The van der Waals surface area contributed by atoms with Gasteiger partial charge in [0.1, 0.15) is 17.0 Å². The summed E-state index contributed by atoms with van der Waals surface area (Å²) in [6, 6.07) is 18.2. The van der Waals surface area contributed by atoms with Crippen LogP contribution in [0.15, 0.2) is 71.7 Å². The number of ether oxygens (including phenoxy) is 1. The van der Waals surface area contributed by atoms with Crippen LogP contribution in [0, 0.1) is 0 Å². The van der Waals surface area contributed by atoms with Crippen molar-refractivity contribution in [3.8, 4) is 23.1 Å². The Morgan fingerprint density at radius 3 is 2.61 bits per heavy atom. The van der Waals surface area contributed by atoms with Gasteiger partial charge < -0.3 is 10.1 Å². The molecule has 0 fully saturated rings. The number of para-hydroxylation sites is 1. The summed E-state index contributed by atoms with van der Waals surface area (Å²) in [6.45, 7) is 1.36. The summed E-state index contributed by atoms with van der Waals surface area (Å²) in [6.07, 6.45) is 2.36. The normalized spacial score (nSPS) is 12.4. The molecule has 0 radical (unpaired) electrons. The fraction of sp³-hybridized carbons (Fsp3) is 0.167. The lowest BCUT2D eigenvalue weighted by atomic mass is 10.1. The molecule has 0 spiro atoms. The Kier molecular flexibility index (Phi) is 5.66. The van der Waals surface area contributed by atoms with Crippen molar-refractivity contribution in [2.45, 2.75) is 26.1 Å². The Morgan fingerprint density at radius 2 is 1.79 bits per heavy atom. The zero-order chi connectivity index (χ0) is 22.8. The summed E-state index contributed by atoms with van der Waals surface area (Å²) < 4.78 is 9.14. The van der Waals surface area contributed by atoms with E-state index in [9.17, 15) is 9.59 Å². The average molecular weight is 462 g/mol. The van der Waals surface area contributed by atoms with Crippen molar-refractivity contribution in [1.82, 2.24) is 24.6 Å². The van der Waals surface area contributed by atoms with E-state index in [1.807, 2.05) is 36.4 Å². The number of aromatic nitrogens is 4. The number of fused-ring (bicyclic) bond motifs is 1. The minimum absolute atomic E-state index is 0.0473. The van der Waals surface area contributed by atoms with E-state index in [2.05, 4.69) is 15.3 Å². The second-order valence-corrected chi connectivity index (χ2v) is 7.95. The van der Waals surface area contributed by atoms with Gasteiger partial charge in [-0.2, -0.15) is 4.98 Å². The molecule has 0 aliphatic carbocycles. The number of hydrogen-bond donors (Lipinski definition) is 1. The predicted octanol–water partition coefficient (Wildman–Crippen LogP) is 3.89. The molecule has 1 aliphatic rings. The lowest BCUT2D eigenvalue weighted by molar-refractivity contribution is 0.0950. The molecule has 0 unspecified atom stereocenters. The number of hydrogen-bond acceptors (Lipinski definition) is 5. The number of carbonyl (C=O) groups excluding carboxylic acids is 1. The third-order valence-corrected chi connectivity index (χ3v) is 5.80. The van der Waals surface area contributed by atoms with Crippen molar-refractivity contribution in [3.63, 3.8) is 0 Å². The van der Waals surface area contributed by atoms with E-state index in [-0.39, 0.29) is 23.7 Å².